The Morgan fingerprint density at radius 1 is 1.24 bits per heavy atom. The monoisotopic (exact) mass is 292 g/mol. The Balaban J connectivity index is 1.73. The Morgan fingerprint density at radius 2 is 1.95 bits per heavy atom. The molecule has 0 amide bonds. The highest BCUT2D eigenvalue weighted by molar-refractivity contribution is 5.50. The lowest BCUT2D eigenvalue weighted by molar-refractivity contribution is -0.300. The molecule has 1 aliphatic rings. The second-order valence-corrected chi connectivity index (χ2v) is 5.84. The van der Waals surface area contributed by atoms with Crippen LogP contribution in [0.4, 0.5) is 0 Å². The number of rotatable bonds is 7. The molecule has 0 saturated carbocycles. The molecule has 1 aromatic carbocycles. The predicted molar refractivity (Wildman–Crippen MR) is 79.8 cm³/mol. The fraction of sp³-hybridized carbons (Fsp3) is 0.588. The zero-order chi connectivity index (χ0) is 15.1. The third-order valence-electron chi connectivity index (χ3n) is 3.48. The molecule has 0 aromatic heterocycles. The van der Waals surface area contributed by atoms with E-state index in [1.165, 1.54) is 5.56 Å². The molecule has 1 aliphatic heterocycles. The normalized spacial score (nSPS) is 24.7. The number of carbonyl (C=O) groups is 1. The molecule has 116 valence electrons. The average molecular weight is 292 g/mol. The summed E-state index contributed by atoms with van der Waals surface area (Å²) in [4.78, 5) is 10.7. The topological polar surface area (TPSA) is 44.8 Å². The maximum atomic E-state index is 10.7. The van der Waals surface area contributed by atoms with E-state index in [4.69, 9.17) is 14.2 Å². The van der Waals surface area contributed by atoms with E-state index in [2.05, 4.69) is 0 Å². The molecule has 2 atom stereocenters. The van der Waals surface area contributed by atoms with Crippen molar-refractivity contribution in [2.75, 3.05) is 6.61 Å². The van der Waals surface area contributed by atoms with Crippen LogP contribution in [0, 0.1) is 0 Å². The standard InChI is InChI=1S/C17H24O4/c1-17(2)20-15(8-10-18)12-16(21-17)9-11-19-13-14-6-4-3-5-7-14/h3-7,10,15-16H,8-9,11-13H2,1-2H3/t15-,16-/m0/s1. The van der Waals surface area contributed by atoms with Gasteiger partial charge in [-0.1, -0.05) is 30.3 Å². The van der Waals surface area contributed by atoms with Gasteiger partial charge >= 0.3 is 0 Å². The molecule has 0 spiro atoms. The van der Waals surface area contributed by atoms with Crippen molar-refractivity contribution in [1.82, 2.24) is 0 Å². The highest BCUT2D eigenvalue weighted by atomic mass is 16.7. The molecule has 1 heterocycles. The Bertz CT molecular complexity index is 430. The summed E-state index contributed by atoms with van der Waals surface area (Å²) in [5.74, 6) is -0.629. The summed E-state index contributed by atoms with van der Waals surface area (Å²) in [5, 5.41) is 0. The van der Waals surface area contributed by atoms with E-state index < -0.39 is 5.79 Å². The predicted octanol–water partition coefficient (Wildman–Crippen LogP) is 3.09. The van der Waals surface area contributed by atoms with Gasteiger partial charge in [0.05, 0.1) is 18.8 Å². The molecule has 1 aromatic rings. The maximum absolute atomic E-state index is 10.7. The van der Waals surface area contributed by atoms with Crippen LogP contribution in [0.1, 0.15) is 38.7 Å². The Kier molecular flexibility index (Phi) is 5.91. The number of carbonyl (C=O) groups excluding carboxylic acids is 1. The van der Waals surface area contributed by atoms with Crippen molar-refractivity contribution in [2.45, 2.75) is 57.7 Å². The third kappa shape index (κ3) is 5.58. The molecule has 0 bridgehead atoms. The smallest absolute Gasteiger partial charge is 0.163 e. The van der Waals surface area contributed by atoms with Crippen molar-refractivity contribution < 1.29 is 19.0 Å². The summed E-state index contributed by atoms with van der Waals surface area (Å²) in [6.45, 7) is 5.04. The first-order valence-electron chi connectivity index (χ1n) is 7.50. The van der Waals surface area contributed by atoms with Gasteiger partial charge in [0, 0.05) is 19.4 Å². The number of ether oxygens (including phenoxy) is 3. The van der Waals surface area contributed by atoms with Crippen LogP contribution in [0.5, 0.6) is 0 Å². The molecule has 4 heteroatoms. The van der Waals surface area contributed by atoms with Gasteiger partial charge in [-0.25, -0.2) is 0 Å². The van der Waals surface area contributed by atoms with Crippen LogP contribution in [0.25, 0.3) is 0 Å². The molecule has 0 unspecified atom stereocenters. The quantitative estimate of drug-likeness (QED) is 0.572. The van der Waals surface area contributed by atoms with Gasteiger partial charge in [-0.05, 0) is 25.8 Å². The Labute approximate surface area is 126 Å². The molecule has 1 saturated heterocycles. The third-order valence-corrected chi connectivity index (χ3v) is 3.48. The van der Waals surface area contributed by atoms with Crippen LogP contribution in [0.3, 0.4) is 0 Å². The van der Waals surface area contributed by atoms with E-state index in [-0.39, 0.29) is 12.2 Å². The highest BCUT2D eigenvalue weighted by Crippen LogP contribution is 2.29. The summed E-state index contributed by atoms with van der Waals surface area (Å²) < 4.78 is 17.3. The number of hydrogen-bond donors (Lipinski definition) is 0. The van der Waals surface area contributed by atoms with Crippen LogP contribution in [0.2, 0.25) is 0 Å². The molecular weight excluding hydrogens is 268 g/mol. The zero-order valence-electron chi connectivity index (χ0n) is 12.8. The van der Waals surface area contributed by atoms with Crippen molar-refractivity contribution in [3.63, 3.8) is 0 Å². The molecular formula is C17H24O4. The van der Waals surface area contributed by atoms with Crippen LogP contribution in [0.15, 0.2) is 30.3 Å². The first-order valence-corrected chi connectivity index (χ1v) is 7.50. The summed E-state index contributed by atoms with van der Waals surface area (Å²) in [5.41, 5.74) is 1.17. The van der Waals surface area contributed by atoms with Crippen molar-refractivity contribution in [1.29, 1.82) is 0 Å². The lowest BCUT2D eigenvalue weighted by Gasteiger charge is -2.40. The van der Waals surface area contributed by atoms with E-state index in [1.54, 1.807) is 0 Å². The molecule has 1 fully saturated rings. The molecule has 21 heavy (non-hydrogen) atoms. The fourth-order valence-electron chi connectivity index (χ4n) is 2.63. The molecule has 4 nitrogen and oxygen atoms in total. The molecule has 2 rings (SSSR count). The van der Waals surface area contributed by atoms with E-state index in [0.717, 1.165) is 19.1 Å². The highest BCUT2D eigenvalue weighted by Gasteiger charge is 2.34. The second-order valence-electron chi connectivity index (χ2n) is 5.84. The summed E-state index contributed by atoms with van der Waals surface area (Å²) in [7, 11) is 0. The lowest BCUT2D eigenvalue weighted by Crippen LogP contribution is -2.45. The summed E-state index contributed by atoms with van der Waals surface area (Å²) in [6, 6.07) is 10.1. The largest absolute Gasteiger partial charge is 0.377 e. The van der Waals surface area contributed by atoms with E-state index in [9.17, 15) is 4.79 Å². The van der Waals surface area contributed by atoms with Crippen molar-refractivity contribution >= 4 is 6.29 Å². The van der Waals surface area contributed by atoms with Crippen LogP contribution in [-0.2, 0) is 25.6 Å². The van der Waals surface area contributed by atoms with E-state index in [1.807, 2.05) is 44.2 Å². The van der Waals surface area contributed by atoms with Gasteiger partial charge in [0.2, 0.25) is 0 Å². The maximum Gasteiger partial charge on any atom is 0.163 e. The van der Waals surface area contributed by atoms with Gasteiger partial charge in [0.15, 0.2) is 5.79 Å². The van der Waals surface area contributed by atoms with Gasteiger partial charge in [0.1, 0.15) is 6.29 Å². The van der Waals surface area contributed by atoms with Crippen LogP contribution >= 0.6 is 0 Å². The minimum atomic E-state index is -0.629. The summed E-state index contributed by atoms with van der Waals surface area (Å²) >= 11 is 0. The molecule has 0 N–H and O–H groups in total. The Hall–Kier alpha value is -1.23. The Morgan fingerprint density at radius 3 is 2.67 bits per heavy atom. The van der Waals surface area contributed by atoms with Crippen molar-refractivity contribution in [2.24, 2.45) is 0 Å². The minimum Gasteiger partial charge on any atom is -0.377 e. The SMILES string of the molecule is CC1(C)O[C@@H](CC=O)C[C@H](CCOCc2ccccc2)O1. The van der Waals surface area contributed by atoms with E-state index >= 15 is 0 Å². The summed E-state index contributed by atoms with van der Waals surface area (Å²) in [6.07, 6.45) is 2.93. The van der Waals surface area contributed by atoms with Crippen LogP contribution in [-0.4, -0.2) is 30.9 Å². The number of benzene rings is 1. The fourth-order valence-corrected chi connectivity index (χ4v) is 2.63. The number of hydrogen-bond acceptors (Lipinski definition) is 4. The first-order chi connectivity index (χ1) is 10.1. The zero-order valence-corrected chi connectivity index (χ0v) is 12.8. The molecule has 0 aliphatic carbocycles. The van der Waals surface area contributed by atoms with Gasteiger partial charge in [-0.2, -0.15) is 0 Å². The van der Waals surface area contributed by atoms with Gasteiger partial charge in [-0.15, -0.1) is 0 Å². The minimum absolute atomic E-state index is 0.0506. The van der Waals surface area contributed by atoms with Crippen molar-refractivity contribution in [3.8, 4) is 0 Å². The van der Waals surface area contributed by atoms with Gasteiger partial charge in [0.25, 0.3) is 0 Å². The molecule has 0 radical (unpaired) electrons. The average Bonchev–Trinajstić information content (AvgIpc) is 2.43. The number of aldehydes is 1. The van der Waals surface area contributed by atoms with Gasteiger partial charge in [-0.3, -0.25) is 0 Å². The van der Waals surface area contributed by atoms with Crippen LogP contribution < -0.4 is 0 Å². The second kappa shape index (κ2) is 7.69. The lowest BCUT2D eigenvalue weighted by atomic mass is 10.0. The van der Waals surface area contributed by atoms with Crippen molar-refractivity contribution in [3.05, 3.63) is 35.9 Å². The first kappa shape index (κ1) is 16.1. The van der Waals surface area contributed by atoms with Gasteiger partial charge < -0.3 is 19.0 Å². The van der Waals surface area contributed by atoms with E-state index in [0.29, 0.717) is 19.6 Å².